The minimum atomic E-state index is 0.411. The zero-order valence-corrected chi connectivity index (χ0v) is 10.1. The first kappa shape index (κ1) is 9.19. The molecule has 0 fully saturated rings. The number of benzene rings is 1. The zero-order chi connectivity index (χ0) is 10.6. The van der Waals surface area contributed by atoms with E-state index in [1.807, 2.05) is 6.07 Å². The summed E-state index contributed by atoms with van der Waals surface area (Å²) in [4.78, 5) is 0. The van der Waals surface area contributed by atoms with Crippen LogP contribution in [0, 0.1) is 13.8 Å². The lowest BCUT2D eigenvalue weighted by atomic mass is 10.0. The van der Waals surface area contributed by atoms with Crippen molar-refractivity contribution in [1.29, 1.82) is 0 Å². The van der Waals surface area contributed by atoms with Gasteiger partial charge in [-0.15, -0.1) is 11.3 Å². The third kappa shape index (κ3) is 1.13. The molecule has 0 amide bonds. The van der Waals surface area contributed by atoms with E-state index in [4.69, 9.17) is 0 Å². The van der Waals surface area contributed by atoms with Crippen molar-refractivity contribution in [3.05, 3.63) is 28.6 Å². The van der Waals surface area contributed by atoms with Crippen LogP contribution in [0.4, 0.5) is 0 Å². The summed E-state index contributed by atoms with van der Waals surface area (Å²) in [5.41, 5.74) is 2.58. The third-order valence-electron chi connectivity index (χ3n) is 2.87. The van der Waals surface area contributed by atoms with Crippen molar-refractivity contribution in [2.24, 2.45) is 0 Å². The summed E-state index contributed by atoms with van der Waals surface area (Å²) in [7, 11) is 0. The fraction of sp³-hybridized carbons (Fsp3) is 0.167. The summed E-state index contributed by atoms with van der Waals surface area (Å²) in [6.45, 7) is 4.26. The number of aryl methyl sites for hydroxylation is 2. The minimum Gasteiger partial charge on any atom is -0.499 e. The molecule has 0 aliphatic heterocycles. The molecule has 0 atom stereocenters. The molecular weight excluding hydrogens is 224 g/mol. The van der Waals surface area contributed by atoms with E-state index < -0.39 is 0 Å². The lowest BCUT2D eigenvalue weighted by Gasteiger charge is -2.03. The van der Waals surface area contributed by atoms with Gasteiger partial charge in [-0.05, 0) is 47.9 Å². The molecule has 0 radical (unpaired) electrons. The maximum Gasteiger partial charge on any atom is 0.172 e. The van der Waals surface area contributed by atoms with Gasteiger partial charge in [0, 0.05) is 14.8 Å². The van der Waals surface area contributed by atoms with Crippen molar-refractivity contribution in [3.63, 3.8) is 0 Å². The Labute approximate surface area is 95.6 Å². The smallest absolute Gasteiger partial charge is 0.172 e. The number of rotatable bonds is 0. The molecule has 0 bridgehead atoms. The molecule has 1 aromatic carbocycles. The van der Waals surface area contributed by atoms with Crippen LogP contribution in [0.15, 0.2) is 17.5 Å². The summed E-state index contributed by atoms with van der Waals surface area (Å²) in [6.07, 6.45) is 0. The van der Waals surface area contributed by atoms with Gasteiger partial charge in [0.15, 0.2) is 5.06 Å². The maximum atomic E-state index is 9.57. The van der Waals surface area contributed by atoms with Crippen molar-refractivity contribution in [2.45, 2.75) is 13.8 Å². The van der Waals surface area contributed by atoms with Crippen molar-refractivity contribution in [2.75, 3.05) is 0 Å². The van der Waals surface area contributed by atoms with E-state index >= 15 is 0 Å². The standard InChI is InChI=1S/C12H10OS2/c1-6-8-3-4-14-11(8)7(2)12-9(6)5-10(13)15-12/h3-5,13H,1-2H3. The van der Waals surface area contributed by atoms with Crippen molar-refractivity contribution < 1.29 is 5.11 Å². The number of thiophene rings is 2. The monoisotopic (exact) mass is 234 g/mol. The van der Waals surface area contributed by atoms with Gasteiger partial charge in [0.1, 0.15) is 0 Å². The second-order valence-electron chi connectivity index (χ2n) is 3.74. The summed E-state index contributed by atoms with van der Waals surface area (Å²) in [5.74, 6) is 0. The Morgan fingerprint density at radius 3 is 2.67 bits per heavy atom. The molecular formula is C12H10OS2. The predicted octanol–water partition coefficient (Wildman–Crippen LogP) is 4.44. The Hall–Kier alpha value is -1.06. The Bertz CT molecular complexity index is 607. The van der Waals surface area contributed by atoms with Gasteiger partial charge >= 0.3 is 0 Å². The topological polar surface area (TPSA) is 20.2 Å². The van der Waals surface area contributed by atoms with Crippen LogP contribution in [-0.2, 0) is 0 Å². The number of aromatic hydroxyl groups is 1. The molecule has 0 saturated carbocycles. The largest absolute Gasteiger partial charge is 0.499 e. The second-order valence-corrected chi connectivity index (χ2v) is 5.69. The number of fused-ring (bicyclic) bond motifs is 2. The average Bonchev–Trinajstić information content (AvgIpc) is 2.79. The van der Waals surface area contributed by atoms with E-state index in [0.717, 1.165) is 0 Å². The highest BCUT2D eigenvalue weighted by Gasteiger charge is 2.12. The van der Waals surface area contributed by atoms with Crippen LogP contribution >= 0.6 is 22.7 Å². The van der Waals surface area contributed by atoms with E-state index in [9.17, 15) is 5.11 Å². The summed E-state index contributed by atoms with van der Waals surface area (Å²) < 4.78 is 2.57. The molecule has 0 unspecified atom stereocenters. The molecule has 0 spiro atoms. The van der Waals surface area contributed by atoms with E-state index in [1.54, 1.807) is 11.3 Å². The van der Waals surface area contributed by atoms with Gasteiger partial charge < -0.3 is 5.11 Å². The van der Waals surface area contributed by atoms with Gasteiger partial charge in [0.05, 0.1) is 0 Å². The average molecular weight is 234 g/mol. The quantitative estimate of drug-likeness (QED) is 0.609. The Morgan fingerprint density at radius 2 is 1.87 bits per heavy atom. The molecule has 0 saturated heterocycles. The third-order valence-corrected chi connectivity index (χ3v) is 4.96. The Morgan fingerprint density at radius 1 is 1.07 bits per heavy atom. The van der Waals surface area contributed by atoms with Crippen LogP contribution in [0.25, 0.3) is 20.2 Å². The molecule has 1 nitrogen and oxygen atoms in total. The molecule has 2 aromatic heterocycles. The lowest BCUT2D eigenvalue weighted by Crippen LogP contribution is -1.79. The van der Waals surface area contributed by atoms with E-state index in [2.05, 4.69) is 25.3 Å². The highest BCUT2D eigenvalue weighted by molar-refractivity contribution is 7.22. The molecule has 3 aromatic rings. The molecule has 2 heterocycles. The van der Waals surface area contributed by atoms with Crippen LogP contribution in [0.1, 0.15) is 11.1 Å². The van der Waals surface area contributed by atoms with Crippen LogP contribution in [0.5, 0.6) is 5.06 Å². The summed E-state index contributed by atoms with van der Waals surface area (Å²) >= 11 is 3.25. The highest BCUT2D eigenvalue weighted by atomic mass is 32.1. The molecule has 0 aliphatic carbocycles. The molecule has 1 N–H and O–H groups in total. The maximum absolute atomic E-state index is 9.57. The highest BCUT2D eigenvalue weighted by Crippen LogP contribution is 2.41. The van der Waals surface area contributed by atoms with E-state index in [1.165, 1.54) is 42.6 Å². The minimum absolute atomic E-state index is 0.411. The van der Waals surface area contributed by atoms with Gasteiger partial charge in [-0.2, -0.15) is 0 Å². The number of hydrogen-bond acceptors (Lipinski definition) is 3. The van der Waals surface area contributed by atoms with Crippen LogP contribution in [0.2, 0.25) is 0 Å². The Kier molecular flexibility index (Phi) is 1.82. The first-order chi connectivity index (χ1) is 7.18. The normalized spacial score (nSPS) is 11.6. The van der Waals surface area contributed by atoms with Crippen molar-refractivity contribution in [1.82, 2.24) is 0 Å². The summed E-state index contributed by atoms with van der Waals surface area (Å²) in [5, 5.41) is 14.6. The first-order valence-electron chi connectivity index (χ1n) is 4.77. The van der Waals surface area contributed by atoms with Crippen LogP contribution in [0.3, 0.4) is 0 Å². The molecule has 3 rings (SSSR count). The Balaban J connectivity index is 2.67. The van der Waals surface area contributed by atoms with E-state index in [0.29, 0.717) is 5.06 Å². The van der Waals surface area contributed by atoms with Crippen LogP contribution in [-0.4, -0.2) is 5.11 Å². The fourth-order valence-electron chi connectivity index (χ4n) is 2.08. The molecule has 0 aliphatic rings. The number of hydrogen-bond donors (Lipinski definition) is 1. The van der Waals surface area contributed by atoms with Gasteiger partial charge in [-0.25, -0.2) is 0 Å². The van der Waals surface area contributed by atoms with Gasteiger partial charge in [-0.3, -0.25) is 0 Å². The van der Waals surface area contributed by atoms with Gasteiger partial charge in [0.25, 0.3) is 0 Å². The van der Waals surface area contributed by atoms with Crippen molar-refractivity contribution >= 4 is 42.8 Å². The SMILES string of the molecule is Cc1c2ccsc2c(C)c2sc(O)cc12. The molecule has 3 heteroatoms. The zero-order valence-electron chi connectivity index (χ0n) is 8.50. The molecule has 15 heavy (non-hydrogen) atoms. The first-order valence-corrected chi connectivity index (χ1v) is 6.47. The van der Waals surface area contributed by atoms with Crippen molar-refractivity contribution in [3.8, 4) is 5.06 Å². The van der Waals surface area contributed by atoms with E-state index in [-0.39, 0.29) is 0 Å². The lowest BCUT2D eigenvalue weighted by molar-refractivity contribution is 0.491. The van der Waals surface area contributed by atoms with Gasteiger partial charge in [0.2, 0.25) is 0 Å². The van der Waals surface area contributed by atoms with Gasteiger partial charge in [-0.1, -0.05) is 11.3 Å². The second kappa shape index (κ2) is 2.97. The predicted molar refractivity (Wildman–Crippen MR) is 68.3 cm³/mol. The van der Waals surface area contributed by atoms with Crippen LogP contribution < -0.4 is 0 Å². The summed E-state index contributed by atoms with van der Waals surface area (Å²) in [6, 6.07) is 4.04. The fourth-order valence-corrected chi connectivity index (χ4v) is 4.07. The molecule has 76 valence electrons.